The van der Waals surface area contributed by atoms with E-state index in [4.69, 9.17) is 16.3 Å². The molecular formula is C14H17BrClNO3. The number of nitrogens with one attached hydrogen (secondary N) is 1. The van der Waals surface area contributed by atoms with Crippen molar-refractivity contribution in [1.82, 2.24) is 5.32 Å². The third kappa shape index (κ3) is 5.51. The largest absolute Gasteiger partial charge is 0.444 e. The van der Waals surface area contributed by atoms with Crippen molar-refractivity contribution in [1.29, 1.82) is 0 Å². The Morgan fingerprint density at radius 1 is 1.50 bits per heavy atom. The number of ether oxygens (including phenoxy) is 1. The molecule has 1 rings (SSSR count). The van der Waals surface area contributed by atoms with Crippen molar-refractivity contribution in [2.45, 2.75) is 38.8 Å². The number of amides is 1. The van der Waals surface area contributed by atoms with Crippen molar-refractivity contribution < 1.29 is 14.3 Å². The fourth-order valence-electron chi connectivity index (χ4n) is 1.59. The number of aldehydes is 1. The van der Waals surface area contributed by atoms with Gasteiger partial charge in [0.25, 0.3) is 0 Å². The molecule has 0 aromatic heterocycles. The molecule has 0 aliphatic carbocycles. The highest BCUT2D eigenvalue weighted by atomic mass is 79.9. The van der Waals surface area contributed by atoms with E-state index in [1.54, 1.807) is 39.0 Å². The number of carbonyl (C=O) groups is 2. The Bertz CT molecular complexity index is 500. The molecule has 0 aliphatic rings. The molecule has 0 heterocycles. The second-order valence-corrected chi connectivity index (χ2v) is 6.59. The van der Waals surface area contributed by atoms with E-state index >= 15 is 0 Å². The summed E-state index contributed by atoms with van der Waals surface area (Å²) < 4.78 is 6.00. The highest BCUT2D eigenvalue weighted by Crippen LogP contribution is 2.28. The smallest absolute Gasteiger partial charge is 0.408 e. The molecule has 0 saturated carbocycles. The van der Waals surface area contributed by atoms with Crippen molar-refractivity contribution in [2.75, 3.05) is 0 Å². The molecule has 0 unspecified atom stereocenters. The molecule has 6 heteroatoms. The second-order valence-electron chi connectivity index (χ2n) is 5.27. The molecule has 0 bridgehead atoms. The number of alkyl carbamates (subject to hydrolysis) is 1. The third-order valence-corrected chi connectivity index (χ3v) is 3.19. The van der Waals surface area contributed by atoms with Crippen LogP contribution < -0.4 is 5.32 Å². The second kappa shape index (κ2) is 7.09. The van der Waals surface area contributed by atoms with Crippen LogP contribution in [0.2, 0.25) is 5.02 Å². The van der Waals surface area contributed by atoms with Gasteiger partial charge in [-0.2, -0.15) is 0 Å². The Labute approximate surface area is 132 Å². The van der Waals surface area contributed by atoms with Crippen molar-refractivity contribution >= 4 is 39.9 Å². The van der Waals surface area contributed by atoms with E-state index in [0.717, 1.165) is 10.8 Å². The molecule has 0 aliphatic heterocycles. The van der Waals surface area contributed by atoms with Crippen LogP contribution in [-0.2, 0) is 9.53 Å². The first kappa shape index (κ1) is 17.0. The van der Waals surface area contributed by atoms with Gasteiger partial charge in [-0.25, -0.2) is 4.79 Å². The maximum absolute atomic E-state index is 11.8. The molecule has 1 atom stereocenters. The Kier molecular flexibility index (Phi) is 6.02. The molecule has 1 N–H and O–H groups in total. The highest BCUT2D eigenvalue weighted by Gasteiger charge is 2.22. The van der Waals surface area contributed by atoms with Gasteiger partial charge in [-0.3, -0.25) is 0 Å². The van der Waals surface area contributed by atoms with Crippen LogP contribution in [0.4, 0.5) is 4.79 Å². The van der Waals surface area contributed by atoms with Gasteiger partial charge in [0.1, 0.15) is 11.9 Å². The molecular weight excluding hydrogens is 346 g/mol. The maximum atomic E-state index is 11.8. The van der Waals surface area contributed by atoms with Crippen LogP contribution in [0.1, 0.15) is 38.8 Å². The van der Waals surface area contributed by atoms with Crippen LogP contribution in [-0.4, -0.2) is 18.0 Å². The zero-order valence-corrected chi connectivity index (χ0v) is 13.9. The van der Waals surface area contributed by atoms with Crippen molar-refractivity contribution in [3.05, 3.63) is 33.3 Å². The summed E-state index contributed by atoms with van der Waals surface area (Å²) in [5.41, 5.74) is 0.0654. The zero-order valence-electron chi connectivity index (χ0n) is 11.6. The van der Waals surface area contributed by atoms with E-state index < -0.39 is 17.7 Å². The minimum Gasteiger partial charge on any atom is -0.444 e. The molecule has 110 valence electrons. The fraction of sp³-hybridized carbons (Fsp3) is 0.429. The summed E-state index contributed by atoms with van der Waals surface area (Å²) in [4.78, 5) is 22.6. The normalized spacial score (nSPS) is 12.7. The lowest BCUT2D eigenvalue weighted by molar-refractivity contribution is -0.108. The number of halogens is 2. The molecule has 0 spiro atoms. The summed E-state index contributed by atoms with van der Waals surface area (Å²) in [6.07, 6.45) is 0.273. The first-order valence-corrected chi connectivity index (χ1v) is 7.28. The Morgan fingerprint density at radius 2 is 2.15 bits per heavy atom. The van der Waals surface area contributed by atoms with E-state index in [0.29, 0.717) is 10.6 Å². The van der Waals surface area contributed by atoms with Crippen LogP contribution in [0.15, 0.2) is 22.7 Å². The third-order valence-electron chi connectivity index (χ3n) is 2.36. The minimum absolute atomic E-state index is 0.120. The predicted octanol–water partition coefficient (Wildman–Crippen LogP) is 4.26. The number of benzene rings is 1. The quantitative estimate of drug-likeness (QED) is 0.814. The molecule has 1 aromatic carbocycles. The number of rotatable bonds is 4. The van der Waals surface area contributed by atoms with Gasteiger partial charge in [-0.05, 0) is 44.5 Å². The van der Waals surface area contributed by atoms with Gasteiger partial charge in [-0.15, -0.1) is 0 Å². The lowest BCUT2D eigenvalue weighted by atomic mass is 10.0. The van der Waals surface area contributed by atoms with Gasteiger partial charge in [0.15, 0.2) is 0 Å². The van der Waals surface area contributed by atoms with Crippen LogP contribution in [0.3, 0.4) is 0 Å². The zero-order chi connectivity index (χ0) is 15.3. The van der Waals surface area contributed by atoms with Gasteiger partial charge in [-0.1, -0.05) is 27.5 Å². The molecule has 0 radical (unpaired) electrons. The Hall–Kier alpha value is -1.07. The van der Waals surface area contributed by atoms with Crippen LogP contribution in [0, 0.1) is 0 Å². The topological polar surface area (TPSA) is 55.4 Å². The lowest BCUT2D eigenvalue weighted by Crippen LogP contribution is -2.35. The van der Waals surface area contributed by atoms with Gasteiger partial charge < -0.3 is 14.8 Å². The average molecular weight is 363 g/mol. The molecule has 0 saturated heterocycles. The van der Waals surface area contributed by atoms with Gasteiger partial charge in [0, 0.05) is 15.9 Å². The van der Waals surface area contributed by atoms with Crippen molar-refractivity contribution in [3.8, 4) is 0 Å². The van der Waals surface area contributed by atoms with E-state index in [-0.39, 0.29) is 6.42 Å². The summed E-state index contributed by atoms with van der Waals surface area (Å²) in [6, 6.07) is 4.74. The monoisotopic (exact) mass is 361 g/mol. The van der Waals surface area contributed by atoms with Gasteiger partial charge in [0.05, 0.1) is 6.04 Å². The average Bonchev–Trinajstić information content (AvgIpc) is 2.29. The van der Waals surface area contributed by atoms with E-state index in [2.05, 4.69) is 21.2 Å². The Balaban J connectivity index is 2.91. The molecule has 0 fully saturated rings. The maximum Gasteiger partial charge on any atom is 0.408 e. The first-order chi connectivity index (χ1) is 9.23. The lowest BCUT2D eigenvalue weighted by Gasteiger charge is -2.23. The summed E-state index contributed by atoms with van der Waals surface area (Å²) in [5.74, 6) is 0. The van der Waals surface area contributed by atoms with E-state index in [1.165, 1.54) is 0 Å². The molecule has 4 nitrogen and oxygen atoms in total. The molecule has 20 heavy (non-hydrogen) atoms. The number of carbonyl (C=O) groups excluding carboxylic acids is 2. The van der Waals surface area contributed by atoms with Crippen LogP contribution >= 0.6 is 27.5 Å². The molecule has 1 aromatic rings. The fourth-order valence-corrected chi connectivity index (χ4v) is 2.22. The van der Waals surface area contributed by atoms with Gasteiger partial charge in [0.2, 0.25) is 0 Å². The number of hydrogen-bond acceptors (Lipinski definition) is 3. The summed E-state index contributed by atoms with van der Waals surface area (Å²) >= 11 is 9.45. The van der Waals surface area contributed by atoms with Crippen molar-refractivity contribution in [3.63, 3.8) is 0 Å². The SMILES string of the molecule is CC(C)(C)OC(=O)N[C@H](CC=O)c1cc(Br)ccc1Cl. The number of hydrogen-bond donors (Lipinski definition) is 1. The summed E-state index contributed by atoms with van der Waals surface area (Å²) in [5, 5.41) is 3.14. The minimum atomic E-state index is -0.600. The Morgan fingerprint density at radius 3 is 2.70 bits per heavy atom. The standard InChI is InChI=1S/C14H17BrClNO3/c1-14(2,3)20-13(19)17-12(6-7-18)10-8-9(15)4-5-11(10)16/h4-5,7-8,12H,6H2,1-3H3,(H,17,19)/t12-/m1/s1. The predicted molar refractivity (Wildman–Crippen MR) is 81.9 cm³/mol. The van der Waals surface area contributed by atoms with E-state index in [1.807, 2.05) is 0 Å². The van der Waals surface area contributed by atoms with Crippen LogP contribution in [0.5, 0.6) is 0 Å². The summed E-state index contributed by atoms with van der Waals surface area (Å²) in [7, 11) is 0. The highest BCUT2D eigenvalue weighted by molar-refractivity contribution is 9.10. The summed E-state index contributed by atoms with van der Waals surface area (Å²) in [6.45, 7) is 5.31. The van der Waals surface area contributed by atoms with Gasteiger partial charge >= 0.3 is 6.09 Å². The van der Waals surface area contributed by atoms with Crippen molar-refractivity contribution in [2.24, 2.45) is 0 Å². The molecule has 1 amide bonds. The first-order valence-electron chi connectivity index (χ1n) is 6.11. The van der Waals surface area contributed by atoms with Crippen LogP contribution in [0.25, 0.3) is 0 Å². The van der Waals surface area contributed by atoms with E-state index in [9.17, 15) is 9.59 Å².